The normalized spacial score (nSPS) is 20.1. The fraction of sp³-hybridized carbons (Fsp3) is 0.529. The maximum Gasteiger partial charge on any atom is 0.326 e. The molecule has 128 valence electrons. The van der Waals surface area contributed by atoms with Crippen LogP contribution in [0.3, 0.4) is 0 Å². The number of likely N-dealkylation sites (tertiary alicyclic amines) is 1. The van der Waals surface area contributed by atoms with Gasteiger partial charge in [-0.15, -0.1) is 0 Å². The van der Waals surface area contributed by atoms with Crippen molar-refractivity contribution >= 4 is 16.9 Å². The van der Waals surface area contributed by atoms with Gasteiger partial charge in [0.05, 0.1) is 17.6 Å². The molecule has 2 aliphatic rings. The summed E-state index contributed by atoms with van der Waals surface area (Å²) >= 11 is 0. The summed E-state index contributed by atoms with van der Waals surface area (Å²) in [6.45, 7) is 3.76. The molecule has 0 atom stereocenters. The summed E-state index contributed by atoms with van der Waals surface area (Å²) < 4.78 is 1.86. The standard InChI is InChI=1S/C17H23N5O2/c23-16(12-21-9-3-8-18-21)20-10-6-13(7-11-20)22-15-5-2-1-4-14(15)19-17(22)24/h1-2,4-5,13,18H,3,6-12H2,(H,19,24). The summed E-state index contributed by atoms with van der Waals surface area (Å²) in [5, 5.41) is 2.00. The lowest BCUT2D eigenvalue weighted by molar-refractivity contribution is -0.134. The third-order valence-electron chi connectivity index (χ3n) is 5.07. The molecule has 0 radical (unpaired) electrons. The van der Waals surface area contributed by atoms with Crippen LogP contribution >= 0.6 is 0 Å². The van der Waals surface area contributed by atoms with Gasteiger partial charge in [0.25, 0.3) is 0 Å². The van der Waals surface area contributed by atoms with Crippen LogP contribution in [0.15, 0.2) is 29.1 Å². The van der Waals surface area contributed by atoms with E-state index in [1.54, 1.807) is 0 Å². The van der Waals surface area contributed by atoms with Crippen LogP contribution in [0.4, 0.5) is 0 Å². The minimum atomic E-state index is -0.0535. The zero-order valence-corrected chi connectivity index (χ0v) is 13.7. The maximum atomic E-state index is 12.4. The summed E-state index contributed by atoms with van der Waals surface area (Å²) in [6.07, 6.45) is 2.74. The molecule has 3 heterocycles. The summed E-state index contributed by atoms with van der Waals surface area (Å²) in [6, 6.07) is 7.94. The van der Waals surface area contributed by atoms with E-state index < -0.39 is 0 Å². The number of aromatic nitrogens is 2. The number of para-hydroxylation sites is 2. The average Bonchev–Trinajstić information content (AvgIpc) is 3.21. The number of carbonyl (C=O) groups is 1. The third kappa shape index (κ3) is 2.85. The molecule has 0 spiro atoms. The Labute approximate surface area is 140 Å². The quantitative estimate of drug-likeness (QED) is 0.870. The number of amides is 1. The molecule has 2 fully saturated rings. The van der Waals surface area contributed by atoms with E-state index in [0.717, 1.165) is 43.4 Å². The number of fused-ring (bicyclic) bond motifs is 1. The predicted molar refractivity (Wildman–Crippen MR) is 91.6 cm³/mol. The molecule has 2 N–H and O–H groups in total. The number of nitrogens with zero attached hydrogens (tertiary/aromatic N) is 3. The fourth-order valence-corrected chi connectivity index (χ4v) is 3.79. The molecule has 0 aliphatic carbocycles. The van der Waals surface area contributed by atoms with Crippen molar-refractivity contribution < 1.29 is 4.79 Å². The Hall–Kier alpha value is -2.12. The molecule has 2 saturated heterocycles. The average molecular weight is 329 g/mol. The number of H-pyrrole nitrogens is 1. The molecular weight excluding hydrogens is 306 g/mol. The van der Waals surface area contributed by atoms with Crippen molar-refractivity contribution in [2.75, 3.05) is 32.7 Å². The van der Waals surface area contributed by atoms with Gasteiger partial charge in [0.2, 0.25) is 5.91 Å². The topological polar surface area (TPSA) is 73.4 Å². The third-order valence-corrected chi connectivity index (χ3v) is 5.07. The van der Waals surface area contributed by atoms with E-state index in [1.807, 2.05) is 38.7 Å². The van der Waals surface area contributed by atoms with Gasteiger partial charge >= 0.3 is 5.69 Å². The Morgan fingerprint density at radius 2 is 1.96 bits per heavy atom. The summed E-state index contributed by atoms with van der Waals surface area (Å²) in [5.74, 6) is 0.175. The first-order valence-corrected chi connectivity index (χ1v) is 8.68. The largest absolute Gasteiger partial charge is 0.341 e. The SMILES string of the molecule is O=C(CN1CCCN1)N1CCC(n2c(=O)[nH]c3ccccc32)CC1. The van der Waals surface area contributed by atoms with Crippen molar-refractivity contribution in [2.45, 2.75) is 25.3 Å². The number of hydrazine groups is 1. The van der Waals surface area contributed by atoms with Crippen molar-refractivity contribution in [3.05, 3.63) is 34.7 Å². The molecule has 2 aromatic rings. The van der Waals surface area contributed by atoms with Crippen LogP contribution in [0, 0.1) is 0 Å². The van der Waals surface area contributed by atoms with E-state index in [9.17, 15) is 9.59 Å². The van der Waals surface area contributed by atoms with E-state index in [2.05, 4.69) is 10.4 Å². The molecule has 4 rings (SSSR count). The zero-order chi connectivity index (χ0) is 16.5. The number of rotatable bonds is 3. The Kier molecular flexibility index (Phi) is 4.12. The first-order valence-electron chi connectivity index (χ1n) is 8.68. The number of nitrogens with one attached hydrogen (secondary N) is 2. The fourth-order valence-electron chi connectivity index (χ4n) is 3.79. The van der Waals surface area contributed by atoms with Gasteiger partial charge in [-0.3, -0.25) is 14.8 Å². The second-order valence-electron chi connectivity index (χ2n) is 6.61. The monoisotopic (exact) mass is 329 g/mol. The number of carbonyl (C=O) groups excluding carboxylic acids is 1. The molecule has 2 aliphatic heterocycles. The van der Waals surface area contributed by atoms with Crippen LogP contribution < -0.4 is 11.1 Å². The molecule has 7 nitrogen and oxygen atoms in total. The Balaban J connectivity index is 1.43. The Bertz CT molecular complexity index is 782. The van der Waals surface area contributed by atoms with Gasteiger partial charge in [-0.1, -0.05) is 12.1 Å². The Morgan fingerprint density at radius 3 is 2.71 bits per heavy atom. The van der Waals surface area contributed by atoms with Crippen LogP contribution in [0.5, 0.6) is 0 Å². The number of aromatic amines is 1. The van der Waals surface area contributed by atoms with Gasteiger partial charge < -0.3 is 9.88 Å². The second-order valence-corrected chi connectivity index (χ2v) is 6.61. The molecule has 0 saturated carbocycles. The van der Waals surface area contributed by atoms with Gasteiger partial charge in [-0.25, -0.2) is 9.80 Å². The van der Waals surface area contributed by atoms with Crippen LogP contribution in [0.25, 0.3) is 11.0 Å². The van der Waals surface area contributed by atoms with Gasteiger partial charge in [-0.2, -0.15) is 0 Å². The lowest BCUT2D eigenvalue weighted by Crippen LogP contribution is -2.46. The van der Waals surface area contributed by atoms with Gasteiger partial charge in [0.15, 0.2) is 0 Å². The maximum absolute atomic E-state index is 12.4. The second kappa shape index (κ2) is 6.41. The van der Waals surface area contributed by atoms with Crippen molar-refractivity contribution in [3.63, 3.8) is 0 Å². The molecule has 7 heteroatoms. The van der Waals surface area contributed by atoms with Crippen molar-refractivity contribution in [3.8, 4) is 0 Å². The number of piperidine rings is 1. The number of hydrogen-bond acceptors (Lipinski definition) is 4. The smallest absolute Gasteiger partial charge is 0.326 e. The van der Waals surface area contributed by atoms with Gasteiger partial charge in [-0.05, 0) is 31.4 Å². The van der Waals surface area contributed by atoms with E-state index in [4.69, 9.17) is 0 Å². The molecular formula is C17H23N5O2. The van der Waals surface area contributed by atoms with Crippen LogP contribution in [-0.4, -0.2) is 58.1 Å². The molecule has 1 aromatic heterocycles. The lowest BCUT2D eigenvalue weighted by Gasteiger charge is -2.33. The molecule has 0 unspecified atom stereocenters. The minimum Gasteiger partial charge on any atom is -0.341 e. The number of imidazole rings is 1. The highest BCUT2D eigenvalue weighted by Gasteiger charge is 2.27. The molecule has 1 aromatic carbocycles. The molecule has 0 bridgehead atoms. The van der Waals surface area contributed by atoms with E-state index >= 15 is 0 Å². The molecule has 24 heavy (non-hydrogen) atoms. The highest BCUT2D eigenvalue weighted by molar-refractivity contribution is 5.78. The molecule has 1 amide bonds. The van der Waals surface area contributed by atoms with Crippen LogP contribution in [-0.2, 0) is 4.79 Å². The first kappa shape index (κ1) is 15.4. The van der Waals surface area contributed by atoms with Crippen molar-refractivity contribution in [1.82, 2.24) is 24.9 Å². The van der Waals surface area contributed by atoms with E-state index in [-0.39, 0.29) is 17.6 Å². The van der Waals surface area contributed by atoms with Crippen molar-refractivity contribution in [2.24, 2.45) is 0 Å². The van der Waals surface area contributed by atoms with Gasteiger partial charge in [0, 0.05) is 32.2 Å². The van der Waals surface area contributed by atoms with Crippen LogP contribution in [0.2, 0.25) is 0 Å². The lowest BCUT2D eigenvalue weighted by atomic mass is 10.0. The predicted octanol–water partition coefficient (Wildman–Crippen LogP) is 0.703. The van der Waals surface area contributed by atoms with E-state index in [0.29, 0.717) is 19.6 Å². The first-order chi connectivity index (χ1) is 11.7. The minimum absolute atomic E-state index is 0.0535. The summed E-state index contributed by atoms with van der Waals surface area (Å²) in [7, 11) is 0. The summed E-state index contributed by atoms with van der Waals surface area (Å²) in [4.78, 5) is 29.5. The number of benzene rings is 1. The van der Waals surface area contributed by atoms with Crippen molar-refractivity contribution in [1.29, 1.82) is 0 Å². The highest BCUT2D eigenvalue weighted by atomic mass is 16.2. The van der Waals surface area contributed by atoms with Gasteiger partial charge in [0.1, 0.15) is 0 Å². The number of hydrogen-bond donors (Lipinski definition) is 2. The zero-order valence-electron chi connectivity index (χ0n) is 13.7. The Morgan fingerprint density at radius 1 is 1.17 bits per heavy atom. The summed E-state index contributed by atoms with van der Waals surface area (Å²) in [5.41, 5.74) is 5.00. The highest BCUT2D eigenvalue weighted by Crippen LogP contribution is 2.24. The van der Waals surface area contributed by atoms with E-state index in [1.165, 1.54) is 0 Å². The van der Waals surface area contributed by atoms with Crippen LogP contribution in [0.1, 0.15) is 25.3 Å².